The first-order chi connectivity index (χ1) is 13.1. The van der Waals surface area contributed by atoms with E-state index < -0.39 is 6.10 Å². The standard InChI is InChI=1S/C20H33N3O3S/c1-21-5-7-22(8-6-21)14-17-3-4-19(20(13-17)25-2)26-16-18(24)15-23-9-11-27-12-10-23/h3-4,13,18,24H,5-12,14-16H2,1-2H3. The van der Waals surface area contributed by atoms with E-state index in [1.165, 1.54) is 5.56 Å². The Morgan fingerprint density at radius 2 is 1.78 bits per heavy atom. The fraction of sp³-hybridized carbons (Fsp3) is 0.700. The molecule has 2 aliphatic rings. The quantitative estimate of drug-likeness (QED) is 0.710. The molecule has 0 radical (unpaired) electrons. The zero-order valence-electron chi connectivity index (χ0n) is 16.6. The van der Waals surface area contributed by atoms with Gasteiger partial charge in [0, 0.05) is 63.9 Å². The molecule has 1 N–H and O–H groups in total. The minimum Gasteiger partial charge on any atom is -0.493 e. The lowest BCUT2D eigenvalue weighted by Crippen LogP contribution is -2.43. The average molecular weight is 396 g/mol. The first-order valence-electron chi connectivity index (χ1n) is 9.83. The Bertz CT molecular complexity index is 576. The van der Waals surface area contributed by atoms with Gasteiger partial charge in [0.2, 0.25) is 0 Å². The van der Waals surface area contributed by atoms with Crippen molar-refractivity contribution in [2.45, 2.75) is 12.6 Å². The highest BCUT2D eigenvalue weighted by Crippen LogP contribution is 2.29. The van der Waals surface area contributed by atoms with E-state index in [-0.39, 0.29) is 6.61 Å². The molecule has 7 heteroatoms. The number of aliphatic hydroxyl groups is 1. The molecular weight excluding hydrogens is 362 g/mol. The number of ether oxygens (including phenoxy) is 2. The van der Waals surface area contributed by atoms with Crippen molar-refractivity contribution in [1.29, 1.82) is 0 Å². The fourth-order valence-electron chi connectivity index (χ4n) is 3.51. The second-order valence-electron chi connectivity index (χ2n) is 7.44. The average Bonchev–Trinajstić information content (AvgIpc) is 2.69. The van der Waals surface area contributed by atoms with E-state index in [0.29, 0.717) is 12.3 Å². The number of methoxy groups -OCH3 is 1. The summed E-state index contributed by atoms with van der Waals surface area (Å²) < 4.78 is 11.4. The van der Waals surface area contributed by atoms with Gasteiger partial charge in [-0.15, -0.1) is 0 Å². The molecule has 0 aliphatic carbocycles. The van der Waals surface area contributed by atoms with Crippen molar-refractivity contribution in [3.8, 4) is 11.5 Å². The molecule has 2 saturated heterocycles. The summed E-state index contributed by atoms with van der Waals surface area (Å²) in [5.41, 5.74) is 1.23. The Hall–Kier alpha value is -0.990. The van der Waals surface area contributed by atoms with E-state index in [2.05, 4.69) is 33.9 Å². The van der Waals surface area contributed by atoms with Gasteiger partial charge >= 0.3 is 0 Å². The van der Waals surface area contributed by atoms with Crippen molar-refractivity contribution in [2.75, 3.05) is 78.1 Å². The van der Waals surface area contributed by atoms with Crippen LogP contribution >= 0.6 is 11.8 Å². The zero-order chi connectivity index (χ0) is 19.1. The van der Waals surface area contributed by atoms with Gasteiger partial charge in [0.25, 0.3) is 0 Å². The molecular formula is C20H33N3O3S. The van der Waals surface area contributed by atoms with Gasteiger partial charge in [0.05, 0.1) is 7.11 Å². The molecule has 2 aliphatic heterocycles. The van der Waals surface area contributed by atoms with Crippen LogP contribution in [-0.2, 0) is 6.54 Å². The van der Waals surface area contributed by atoms with Crippen LogP contribution in [0, 0.1) is 0 Å². The molecule has 0 amide bonds. The van der Waals surface area contributed by atoms with Gasteiger partial charge < -0.3 is 19.5 Å². The highest BCUT2D eigenvalue weighted by atomic mass is 32.2. The lowest BCUT2D eigenvalue weighted by Gasteiger charge is -2.32. The number of thioether (sulfide) groups is 1. The summed E-state index contributed by atoms with van der Waals surface area (Å²) in [5, 5.41) is 10.3. The predicted molar refractivity (Wildman–Crippen MR) is 111 cm³/mol. The summed E-state index contributed by atoms with van der Waals surface area (Å²) in [6.45, 7) is 8.41. The third-order valence-electron chi connectivity index (χ3n) is 5.23. The van der Waals surface area contributed by atoms with Crippen LogP contribution in [-0.4, -0.2) is 104 Å². The predicted octanol–water partition coefficient (Wildman–Crippen LogP) is 1.23. The molecule has 152 valence electrons. The van der Waals surface area contributed by atoms with Crippen LogP contribution in [0.25, 0.3) is 0 Å². The van der Waals surface area contributed by atoms with Gasteiger partial charge in [-0.25, -0.2) is 0 Å². The Morgan fingerprint density at radius 1 is 1.04 bits per heavy atom. The third-order valence-corrected chi connectivity index (χ3v) is 6.18. The van der Waals surface area contributed by atoms with Crippen molar-refractivity contribution in [2.24, 2.45) is 0 Å². The smallest absolute Gasteiger partial charge is 0.161 e. The Labute approximate surface area is 167 Å². The second-order valence-corrected chi connectivity index (χ2v) is 8.67. The van der Waals surface area contributed by atoms with Crippen molar-refractivity contribution in [3.05, 3.63) is 23.8 Å². The van der Waals surface area contributed by atoms with E-state index in [0.717, 1.165) is 63.1 Å². The number of nitrogens with zero attached hydrogens (tertiary/aromatic N) is 3. The summed E-state index contributed by atoms with van der Waals surface area (Å²) in [6, 6.07) is 6.13. The summed E-state index contributed by atoms with van der Waals surface area (Å²) in [4.78, 5) is 7.14. The van der Waals surface area contributed by atoms with Crippen LogP contribution in [0.2, 0.25) is 0 Å². The van der Waals surface area contributed by atoms with E-state index in [9.17, 15) is 5.11 Å². The van der Waals surface area contributed by atoms with Gasteiger partial charge in [-0.05, 0) is 24.7 Å². The van der Waals surface area contributed by atoms with Gasteiger partial charge in [-0.1, -0.05) is 6.07 Å². The molecule has 1 unspecified atom stereocenters. The Balaban J connectivity index is 1.49. The summed E-state index contributed by atoms with van der Waals surface area (Å²) >= 11 is 1.98. The highest BCUT2D eigenvalue weighted by Gasteiger charge is 2.17. The number of aliphatic hydroxyl groups excluding tert-OH is 1. The molecule has 2 heterocycles. The maximum atomic E-state index is 10.3. The summed E-state index contributed by atoms with van der Waals surface area (Å²) in [6.07, 6.45) is -0.483. The Morgan fingerprint density at radius 3 is 2.48 bits per heavy atom. The highest BCUT2D eigenvalue weighted by molar-refractivity contribution is 7.99. The number of rotatable bonds is 8. The van der Waals surface area contributed by atoms with E-state index in [4.69, 9.17) is 9.47 Å². The van der Waals surface area contributed by atoms with E-state index >= 15 is 0 Å². The fourth-order valence-corrected chi connectivity index (χ4v) is 4.49. The van der Waals surface area contributed by atoms with Crippen LogP contribution in [0.5, 0.6) is 11.5 Å². The number of hydrogen-bond acceptors (Lipinski definition) is 7. The van der Waals surface area contributed by atoms with Gasteiger partial charge in [-0.2, -0.15) is 11.8 Å². The van der Waals surface area contributed by atoms with E-state index in [1.54, 1.807) is 7.11 Å². The van der Waals surface area contributed by atoms with Crippen molar-refractivity contribution >= 4 is 11.8 Å². The minimum absolute atomic E-state index is 0.289. The van der Waals surface area contributed by atoms with Crippen molar-refractivity contribution in [3.63, 3.8) is 0 Å². The molecule has 0 aromatic heterocycles. The SMILES string of the molecule is COc1cc(CN2CCN(C)CC2)ccc1OCC(O)CN1CCSCC1. The summed E-state index contributed by atoms with van der Waals surface area (Å²) in [5.74, 6) is 3.74. The van der Waals surface area contributed by atoms with Crippen LogP contribution in [0.15, 0.2) is 18.2 Å². The molecule has 0 saturated carbocycles. The first-order valence-corrected chi connectivity index (χ1v) is 11.0. The molecule has 3 rings (SSSR count). The van der Waals surface area contributed by atoms with Crippen LogP contribution in [0.3, 0.4) is 0 Å². The molecule has 0 bridgehead atoms. The second kappa shape index (κ2) is 10.5. The van der Waals surface area contributed by atoms with Crippen molar-refractivity contribution < 1.29 is 14.6 Å². The largest absolute Gasteiger partial charge is 0.493 e. The number of likely N-dealkylation sites (N-methyl/N-ethyl adjacent to an activating group) is 1. The maximum Gasteiger partial charge on any atom is 0.161 e. The zero-order valence-corrected chi connectivity index (χ0v) is 17.4. The monoisotopic (exact) mass is 395 g/mol. The van der Waals surface area contributed by atoms with E-state index in [1.807, 2.05) is 17.8 Å². The maximum absolute atomic E-state index is 10.3. The molecule has 6 nitrogen and oxygen atoms in total. The van der Waals surface area contributed by atoms with Gasteiger partial charge in [0.1, 0.15) is 12.7 Å². The van der Waals surface area contributed by atoms with Crippen LogP contribution in [0.1, 0.15) is 5.56 Å². The molecule has 1 atom stereocenters. The lowest BCUT2D eigenvalue weighted by atomic mass is 10.1. The lowest BCUT2D eigenvalue weighted by molar-refractivity contribution is 0.0704. The van der Waals surface area contributed by atoms with Crippen LogP contribution in [0.4, 0.5) is 0 Å². The Kier molecular flexibility index (Phi) is 8.08. The molecule has 0 spiro atoms. The molecule has 1 aromatic rings. The first kappa shape index (κ1) is 20.7. The number of hydrogen-bond donors (Lipinski definition) is 1. The summed E-state index contributed by atoms with van der Waals surface area (Å²) in [7, 11) is 3.84. The number of benzene rings is 1. The third kappa shape index (κ3) is 6.54. The van der Waals surface area contributed by atoms with Crippen molar-refractivity contribution in [1.82, 2.24) is 14.7 Å². The van der Waals surface area contributed by atoms with Gasteiger partial charge in [0.15, 0.2) is 11.5 Å². The number of piperazine rings is 1. The molecule has 27 heavy (non-hydrogen) atoms. The molecule has 1 aromatic carbocycles. The van der Waals surface area contributed by atoms with Crippen LogP contribution < -0.4 is 9.47 Å². The topological polar surface area (TPSA) is 48.4 Å². The number of β-amino-alcohol motifs (C(OH)–C–C–N with tert-alkyl or cyclic N) is 1. The molecule has 2 fully saturated rings. The minimum atomic E-state index is -0.483. The van der Waals surface area contributed by atoms with Gasteiger partial charge in [-0.3, -0.25) is 9.80 Å². The normalized spacial score (nSPS) is 21.1.